The first-order valence-electron chi connectivity index (χ1n) is 6.71. The molecule has 0 saturated heterocycles. The summed E-state index contributed by atoms with van der Waals surface area (Å²) in [6, 6.07) is 6.12. The van der Waals surface area contributed by atoms with Crippen molar-refractivity contribution in [2.75, 3.05) is 20.6 Å². The van der Waals surface area contributed by atoms with Crippen LogP contribution in [0.4, 0.5) is 13.2 Å². The molecular weight excluding hydrogens is 333 g/mol. The van der Waals surface area contributed by atoms with Crippen molar-refractivity contribution in [3.63, 3.8) is 0 Å². The highest BCUT2D eigenvalue weighted by molar-refractivity contribution is 7.89. The van der Waals surface area contributed by atoms with Crippen molar-refractivity contribution in [1.82, 2.24) is 15.4 Å². The van der Waals surface area contributed by atoms with Crippen LogP contribution >= 0.6 is 0 Å². The minimum Gasteiger partial charge on any atom is -0.356 e. The van der Waals surface area contributed by atoms with E-state index in [0.29, 0.717) is 6.54 Å². The number of sulfonamides is 1. The van der Waals surface area contributed by atoms with Crippen molar-refractivity contribution < 1.29 is 21.6 Å². The van der Waals surface area contributed by atoms with E-state index in [9.17, 15) is 21.6 Å². The molecule has 1 rings (SSSR count). The Kier molecular flexibility index (Phi) is 6.82. The van der Waals surface area contributed by atoms with Crippen molar-refractivity contribution in [3.05, 3.63) is 29.8 Å². The number of hydrogen-bond acceptors (Lipinski definition) is 3. The molecule has 3 N–H and O–H groups in total. The van der Waals surface area contributed by atoms with E-state index >= 15 is 0 Å². The number of nitrogens with zero attached hydrogens (tertiary/aromatic N) is 1. The summed E-state index contributed by atoms with van der Waals surface area (Å²) in [4.78, 5) is 3.95. The number of nitrogens with one attached hydrogen (secondary N) is 3. The van der Waals surface area contributed by atoms with E-state index in [1.54, 1.807) is 12.1 Å². The standard InChI is InChI=1S/C13H19F3N4O2S/c1-17-12(19-8-7-13(14,15)16)20-9-10-3-5-11(6-4-10)23(21,22)18-2/h3-6,18H,7-9H2,1-2H3,(H2,17,19,20). The molecule has 0 heterocycles. The highest BCUT2D eigenvalue weighted by Gasteiger charge is 2.26. The van der Waals surface area contributed by atoms with Crippen LogP contribution in [0.25, 0.3) is 0 Å². The lowest BCUT2D eigenvalue weighted by molar-refractivity contribution is -0.132. The van der Waals surface area contributed by atoms with Crippen molar-refractivity contribution in [2.45, 2.75) is 24.0 Å². The average Bonchev–Trinajstić information content (AvgIpc) is 2.50. The molecule has 0 unspecified atom stereocenters. The van der Waals surface area contributed by atoms with Gasteiger partial charge in [-0.15, -0.1) is 0 Å². The predicted molar refractivity (Wildman–Crippen MR) is 81.6 cm³/mol. The van der Waals surface area contributed by atoms with Crippen LogP contribution in [0.15, 0.2) is 34.2 Å². The number of halogens is 3. The highest BCUT2D eigenvalue weighted by atomic mass is 32.2. The minimum absolute atomic E-state index is 0.136. The van der Waals surface area contributed by atoms with E-state index in [2.05, 4.69) is 20.3 Å². The van der Waals surface area contributed by atoms with Crippen LogP contribution < -0.4 is 15.4 Å². The van der Waals surface area contributed by atoms with Crippen LogP contribution in [0.3, 0.4) is 0 Å². The van der Waals surface area contributed by atoms with E-state index in [4.69, 9.17) is 0 Å². The molecular formula is C13H19F3N4O2S. The molecule has 10 heteroatoms. The normalized spacial score (nSPS) is 13.0. The number of guanidine groups is 1. The molecule has 0 fully saturated rings. The van der Waals surface area contributed by atoms with Crippen molar-refractivity contribution in [2.24, 2.45) is 4.99 Å². The molecule has 1 aromatic carbocycles. The maximum atomic E-state index is 12.1. The Morgan fingerprint density at radius 3 is 2.26 bits per heavy atom. The lowest BCUT2D eigenvalue weighted by atomic mass is 10.2. The third kappa shape index (κ3) is 6.87. The van der Waals surface area contributed by atoms with Gasteiger partial charge in [0.1, 0.15) is 0 Å². The second-order valence-electron chi connectivity index (χ2n) is 4.57. The Hall–Kier alpha value is -1.81. The maximum Gasteiger partial charge on any atom is 0.390 e. The molecule has 0 amide bonds. The number of benzene rings is 1. The highest BCUT2D eigenvalue weighted by Crippen LogP contribution is 2.18. The molecule has 0 aliphatic carbocycles. The molecule has 1 aromatic rings. The Morgan fingerprint density at radius 2 is 1.78 bits per heavy atom. The van der Waals surface area contributed by atoms with Crippen LogP contribution in [0.2, 0.25) is 0 Å². The van der Waals surface area contributed by atoms with Gasteiger partial charge in [-0.1, -0.05) is 12.1 Å². The Bertz CT molecular complexity index is 628. The van der Waals surface area contributed by atoms with E-state index in [-0.39, 0.29) is 17.4 Å². The molecule has 23 heavy (non-hydrogen) atoms. The molecule has 0 spiro atoms. The lowest BCUT2D eigenvalue weighted by Gasteiger charge is -2.13. The van der Waals surface area contributed by atoms with Gasteiger partial charge < -0.3 is 10.6 Å². The topological polar surface area (TPSA) is 82.6 Å². The van der Waals surface area contributed by atoms with Crippen LogP contribution in [-0.4, -0.2) is 41.2 Å². The van der Waals surface area contributed by atoms with Crippen LogP contribution in [0.5, 0.6) is 0 Å². The summed E-state index contributed by atoms with van der Waals surface area (Å²) in [5.74, 6) is 0.237. The first kappa shape index (κ1) is 19.2. The van der Waals surface area contributed by atoms with Gasteiger partial charge >= 0.3 is 6.18 Å². The summed E-state index contributed by atoms with van der Waals surface area (Å²) in [7, 11) is -0.719. The van der Waals surface area contributed by atoms with Gasteiger partial charge in [-0.25, -0.2) is 13.1 Å². The number of hydrogen-bond donors (Lipinski definition) is 3. The Balaban J connectivity index is 2.53. The van der Waals surface area contributed by atoms with Crippen LogP contribution in [-0.2, 0) is 16.6 Å². The maximum absolute atomic E-state index is 12.1. The fraction of sp³-hybridized carbons (Fsp3) is 0.462. The van der Waals surface area contributed by atoms with E-state index in [0.717, 1.165) is 5.56 Å². The first-order chi connectivity index (χ1) is 10.7. The largest absolute Gasteiger partial charge is 0.390 e. The number of alkyl halides is 3. The zero-order chi connectivity index (χ0) is 17.5. The van der Waals surface area contributed by atoms with Gasteiger partial charge in [-0.2, -0.15) is 13.2 Å². The molecule has 6 nitrogen and oxygen atoms in total. The minimum atomic E-state index is -4.22. The molecule has 0 radical (unpaired) electrons. The van der Waals surface area contributed by atoms with Crippen molar-refractivity contribution in [3.8, 4) is 0 Å². The summed E-state index contributed by atoms with van der Waals surface area (Å²) < 4.78 is 61.6. The molecule has 0 saturated carbocycles. The summed E-state index contributed by atoms with van der Waals surface area (Å²) in [5.41, 5.74) is 0.763. The molecule has 130 valence electrons. The van der Waals surface area contributed by atoms with Gasteiger partial charge in [0.2, 0.25) is 10.0 Å². The van der Waals surface area contributed by atoms with Gasteiger partial charge in [0.15, 0.2) is 5.96 Å². The molecule has 0 aliphatic heterocycles. The second-order valence-corrected chi connectivity index (χ2v) is 6.46. The summed E-state index contributed by atoms with van der Waals surface area (Å²) in [6.07, 6.45) is -5.18. The smallest absolute Gasteiger partial charge is 0.356 e. The lowest BCUT2D eigenvalue weighted by Crippen LogP contribution is -2.38. The third-order valence-corrected chi connectivity index (χ3v) is 4.32. The van der Waals surface area contributed by atoms with Gasteiger partial charge in [0, 0.05) is 20.1 Å². The number of aliphatic imine (C=N–C) groups is 1. The fourth-order valence-corrected chi connectivity index (χ4v) is 2.36. The van der Waals surface area contributed by atoms with E-state index < -0.39 is 22.6 Å². The fourth-order valence-electron chi connectivity index (χ4n) is 1.63. The van der Waals surface area contributed by atoms with Crippen LogP contribution in [0.1, 0.15) is 12.0 Å². The van der Waals surface area contributed by atoms with E-state index in [1.165, 1.54) is 26.2 Å². The van der Waals surface area contributed by atoms with Crippen molar-refractivity contribution in [1.29, 1.82) is 0 Å². The summed E-state index contributed by atoms with van der Waals surface area (Å²) in [6.45, 7) is 0.0219. The van der Waals surface area contributed by atoms with Gasteiger partial charge in [-0.05, 0) is 24.7 Å². The molecule has 0 aliphatic rings. The second kappa shape index (κ2) is 8.16. The number of rotatable bonds is 6. The van der Waals surface area contributed by atoms with Crippen molar-refractivity contribution >= 4 is 16.0 Å². The molecule has 0 bridgehead atoms. The SMILES string of the molecule is CN=C(NCCC(F)(F)F)NCc1ccc(S(=O)(=O)NC)cc1. The third-order valence-electron chi connectivity index (χ3n) is 2.89. The molecule has 0 aromatic heterocycles. The molecule has 0 atom stereocenters. The zero-order valence-electron chi connectivity index (χ0n) is 12.7. The first-order valence-corrected chi connectivity index (χ1v) is 8.20. The van der Waals surface area contributed by atoms with E-state index in [1.807, 2.05) is 0 Å². The van der Waals surface area contributed by atoms with Gasteiger partial charge in [-0.3, -0.25) is 4.99 Å². The quantitative estimate of drug-likeness (QED) is 0.531. The van der Waals surface area contributed by atoms with Gasteiger partial charge in [0.05, 0.1) is 11.3 Å². The zero-order valence-corrected chi connectivity index (χ0v) is 13.6. The summed E-state index contributed by atoms with van der Waals surface area (Å²) in [5, 5.41) is 5.40. The Morgan fingerprint density at radius 1 is 1.17 bits per heavy atom. The van der Waals surface area contributed by atoms with Gasteiger partial charge in [0.25, 0.3) is 0 Å². The Labute approximate surface area is 133 Å². The average molecular weight is 352 g/mol. The summed E-state index contributed by atoms with van der Waals surface area (Å²) >= 11 is 0. The monoisotopic (exact) mass is 352 g/mol. The predicted octanol–water partition coefficient (Wildman–Crippen LogP) is 1.21. The van der Waals surface area contributed by atoms with Crippen LogP contribution in [0, 0.1) is 0 Å².